The van der Waals surface area contributed by atoms with E-state index in [0.29, 0.717) is 17.1 Å². The van der Waals surface area contributed by atoms with Gasteiger partial charge in [0.05, 0.1) is 0 Å². The molecule has 7 nitrogen and oxygen atoms in total. The lowest BCUT2D eigenvalue weighted by molar-refractivity contribution is 0.0994. The molecule has 2 amide bonds. The number of nitrogens with one attached hydrogen (secondary N) is 2. The largest absolute Gasteiger partial charge is 0.366 e. The van der Waals surface area contributed by atoms with E-state index in [-0.39, 0.29) is 11.7 Å². The first kappa shape index (κ1) is 13.7. The van der Waals surface area contributed by atoms with Gasteiger partial charge in [0.2, 0.25) is 11.7 Å². The third kappa shape index (κ3) is 3.00. The lowest BCUT2D eigenvalue weighted by atomic mass is 10.2. The molecule has 2 rings (SSSR count). The Balaban J connectivity index is 2.14. The molecule has 0 atom stereocenters. The predicted octanol–water partition coefficient (Wildman–Crippen LogP) is 1.28. The van der Waals surface area contributed by atoms with Gasteiger partial charge in [0, 0.05) is 17.2 Å². The molecule has 0 saturated carbocycles. The maximum Gasteiger partial charge on any atom is 0.295 e. The third-order valence-corrected chi connectivity index (χ3v) is 2.66. The number of carbonyl (C=O) groups is 2. The minimum absolute atomic E-state index is 0.0539. The van der Waals surface area contributed by atoms with Crippen LogP contribution in [0.5, 0.6) is 0 Å². The first-order valence-corrected chi connectivity index (χ1v) is 6.11. The number of nitrogens with two attached hydrogens (primary N) is 1. The Labute approximate surface area is 115 Å². The van der Waals surface area contributed by atoms with E-state index in [0.717, 1.165) is 0 Å². The van der Waals surface area contributed by atoms with Gasteiger partial charge in [-0.3, -0.25) is 14.7 Å². The van der Waals surface area contributed by atoms with Crippen LogP contribution >= 0.6 is 0 Å². The van der Waals surface area contributed by atoms with E-state index in [2.05, 4.69) is 20.5 Å². The number of primary amides is 1. The monoisotopic (exact) mass is 273 g/mol. The van der Waals surface area contributed by atoms with Crippen LogP contribution in [-0.4, -0.2) is 27.0 Å². The first-order chi connectivity index (χ1) is 9.47. The van der Waals surface area contributed by atoms with Crippen molar-refractivity contribution in [2.24, 2.45) is 5.73 Å². The quantitative estimate of drug-likeness (QED) is 0.778. The summed E-state index contributed by atoms with van der Waals surface area (Å²) < 4.78 is 0. The van der Waals surface area contributed by atoms with Crippen LogP contribution in [0.4, 0.5) is 5.69 Å². The fraction of sp³-hybridized carbons (Fsp3) is 0.231. The summed E-state index contributed by atoms with van der Waals surface area (Å²) in [4.78, 5) is 27.1. The summed E-state index contributed by atoms with van der Waals surface area (Å²) >= 11 is 0. The second-order valence-corrected chi connectivity index (χ2v) is 4.60. The highest BCUT2D eigenvalue weighted by molar-refractivity contribution is 6.02. The normalized spacial score (nSPS) is 10.6. The van der Waals surface area contributed by atoms with Crippen molar-refractivity contribution in [2.45, 2.75) is 19.8 Å². The molecule has 0 unspecified atom stereocenters. The number of H-pyrrole nitrogens is 1. The molecular weight excluding hydrogens is 258 g/mol. The highest BCUT2D eigenvalue weighted by Crippen LogP contribution is 2.12. The summed E-state index contributed by atoms with van der Waals surface area (Å²) in [5.41, 5.74) is 5.96. The number of hydrogen-bond acceptors (Lipinski definition) is 4. The second-order valence-electron chi connectivity index (χ2n) is 4.60. The van der Waals surface area contributed by atoms with Crippen LogP contribution in [0.1, 0.15) is 46.6 Å². The molecule has 1 aromatic heterocycles. The minimum Gasteiger partial charge on any atom is -0.366 e. The van der Waals surface area contributed by atoms with Gasteiger partial charge >= 0.3 is 0 Å². The topological polar surface area (TPSA) is 114 Å². The molecule has 104 valence electrons. The summed E-state index contributed by atoms with van der Waals surface area (Å²) in [5.74, 6) is -0.155. The Morgan fingerprint density at radius 1 is 1.35 bits per heavy atom. The van der Waals surface area contributed by atoms with Gasteiger partial charge in [0.25, 0.3) is 5.91 Å². The van der Waals surface area contributed by atoms with Gasteiger partial charge in [0.1, 0.15) is 5.82 Å². The van der Waals surface area contributed by atoms with Crippen molar-refractivity contribution in [1.82, 2.24) is 15.2 Å². The van der Waals surface area contributed by atoms with Crippen LogP contribution in [-0.2, 0) is 0 Å². The molecule has 0 bridgehead atoms. The zero-order valence-corrected chi connectivity index (χ0v) is 11.2. The SMILES string of the molecule is CC(C)c1nc(C(=O)Nc2cccc(C(N)=O)c2)n[nH]1. The van der Waals surface area contributed by atoms with Gasteiger partial charge in [-0.2, -0.15) is 0 Å². The standard InChI is InChI=1S/C13H15N5O2/c1-7(2)11-16-12(18-17-11)13(20)15-9-5-3-4-8(6-9)10(14)19/h3-7H,1-2H3,(H2,14,19)(H,15,20)(H,16,17,18). The minimum atomic E-state index is -0.555. The number of carbonyl (C=O) groups excluding carboxylic acids is 2. The number of aromatic nitrogens is 3. The number of benzene rings is 1. The van der Waals surface area contributed by atoms with Crippen LogP contribution in [0.2, 0.25) is 0 Å². The summed E-state index contributed by atoms with van der Waals surface area (Å²) in [6, 6.07) is 6.35. The zero-order valence-electron chi connectivity index (χ0n) is 11.2. The van der Waals surface area contributed by atoms with E-state index in [1.54, 1.807) is 18.2 Å². The van der Waals surface area contributed by atoms with Crippen LogP contribution in [0.3, 0.4) is 0 Å². The average molecular weight is 273 g/mol. The molecule has 4 N–H and O–H groups in total. The van der Waals surface area contributed by atoms with Crippen molar-refractivity contribution >= 4 is 17.5 Å². The van der Waals surface area contributed by atoms with E-state index in [4.69, 9.17) is 5.73 Å². The molecular formula is C13H15N5O2. The predicted molar refractivity (Wildman–Crippen MR) is 73.4 cm³/mol. The third-order valence-electron chi connectivity index (χ3n) is 2.66. The first-order valence-electron chi connectivity index (χ1n) is 6.11. The summed E-state index contributed by atoms with van der Waals surface area (Å²) in [6.07, 6.45) is 0. The van der Waals surface area contributed by atoms with Gasteiger partial charge < -0.3 is 11.1 Å². The smallest absolute Gasteiger partial charge is 0.295 e. The Morgan fingerprint density at radius 2 is 2.10 bits per heavy atom. The van der Waals surface area contributed by atoms with Gasteiger partial charge in [-0.15, -0.1) is 5.10 Å². The summed E-state index contributed by atoms with van der Waals surface area (Å²) in [6.45, 7) is 3.89. The van der Waals surface area contributed by atoms with Crippen LogP contribution in [0.15, 0.2) is 24.3 Å². The molecule has 0 fully saturated rings. The van der Waals surface area contributed by atoms with Crippen LogP contribution in [0, 0.1) is 0 Å². The molecule has 1 heterocycles. The molecule has 0 aliphatic rings. The van der Waals surface area contributed by atoms with Gasteiger partial charge in [0.15, 0.2) is 0 Å². The maximum absolute atomic E-state index is 12.0. The Hall–Kier alpha value is -2.70. The van der Waals surface area contributed by atoms with E-state index in [1.807, 2.05) is 13.8 Å². The highest BCUT2D eigenvalue weighted by atomic mass is 16.2. The Kier molecular flexibility index (Phi) is 3.79. The lowest BCUT2D eigenvalue weighted by Crippen LogP contribution is -2.15. The maximum atomic E-state index is 12.0. The summed E-state index contributed by atoms with van der Waals surface area (Å²) in [7, 11) is 0. The Bertz CT molecular complexity index is 648. The van der Waals surface area contributed by atoms with Gasteiger partial charge in [-0.1, -0.05) is 19.9 Å². The molecule has 2 aromatic rings. The number of amides is 2. The fourth-order valence-electron chi connectivity index (χ4n) is 1.57. The molecule has 0 radical (unpaired) electrons. The van der Waals surface area contributed by atoms with Crippen molar-refractivity contribution in [3.8, 4) is 0 Å². The van der Waals surface area contributed by atoms with Crippen LogP contribution < -0.4 is 11.1 Å². The number of aromatic amines is 1. The molecule has 0 aliphatic carbocycles. The van der Waals surface area contributed by atoms with Crippen molar-refractivity contribution in [3.05, 3.63) is 41.5 Å². The van der Waals surface area contributed by atoms with Crippen molar-refractivity contribution in [2.75, 3.05) is 5.32 Å². The van der Waals surface area contributed by atoms with E-state index in [1.165, 1.54) is 6.07 Å². The number of nitrogens with zero attached hydrogens (tertiary/aromatic N) is 2. The molecule has 0 aliphatic heterocycles. The summed E-state index contributed by atoms with van der Waals surface area (Å²) in [5, 5.41) is 9.17. The zero-order chi connectivity index (χ0) is 14.7. The molecule has 1 aromatic carbocycles. The van der Waals surface area contributed by atoms with E-state index >= 15 is 0 Å². The van der Waals surface area contributed by atoms with Gasteiger partial charge in [-0.05, 0) is 18.2 Å². The van der Waals surface area contributed by atoms with Crippen molar-refractivity contribution in [1.29, 1.82) is 0 Å². The average Bonchev–Trinajstić information content (AvgIpc) is 2.88. The van der Waals surface area contributed by atoms with Crippen LogP contribution in [0.25, 0.3) is 0 Å². The fourth-order valence-corrected chi connectivity index (χ4v) is 1.57. The van der Waals surface area contributed by atoms with Crippen molar-refractivity contribution < 1.29 is 9.59 Å². The number of anilines is 1. The lowest BCUT2D eigenvalue weighted by Gasteiger charge is -2.03. The molecule has 0 spiro atoms. The Morgan fingerprint density at radius 3 is 2.70 bits per heavy atom. The second kappa shape index (κ2) is 5.52. The molecule has 0 saturated heterocycles. The number of hydrogen-bond donors (Lipinski definition) is 3. The number of rotatable bonds is 4. The highest BCUT2D eigenvalue weighted by Gasteiger charge is 2.14. The van der Waals surface area contributed by atoms with E-state index in [9.17, 15) is 9.59 Å². The van der Waals surface area contributed by atoms with E-state index < -0.39 is 11.8 Å². The molecule has 7 heteroatoms. The molecule has 20 heavy (non-hydrogen) atoms. The van der Waals surface area contributed by atoms with Crippen molar-refractivity contribution in [3.63, 3.8) is 0 Å². The van der Waals surface area contributed by atoms with Gasteiger partial charge in [-0.25, -0.2) is 4.98 Å².